The second-order valence-electron chi connectivity index (χ2n) is 6.92. The molecule has 1 aromatic carbocycles. The lowest BCUT2D eigenvalue weighted by molar-refractivity contribution is -0.114. The van der Waals surface area contributed by atoms with E-state index in [0.29, 0.717) is 22.6 Å². The van der Waals surface area contributed by atoms with E-state index in [9.17, 15) is 9.59 Å². The van der Waals surface area contributed by atoms with Crippen LogP contribution in [-0.4, -0.2) is 17.9 Å². The molecule has 1 rings (SSSR count). The molecule has 1 unspecified atom stereocenters. The number of aryl methyl sites for hydroxylation is 2. The van der Waals surface area contributed by atoms with Gasteiger partial charge in [-0.1, -0.05) is 48.9 Å². The fourth-order valence-electron chi connectivity index (χ4n) is 2.95. The fourth-order valence-corrected chi connectivity index (χ4v) is 3.16. The molecule has 152 valence electrons. The van der Waals surface area contributed by atoms with Crippen LogP contribution in [0.25, 0.3) is 0 Å². The number of carbonyl (C=O) groups excluding carboxylic acids is 2. The van der Waals surface area contributed by atoms with Crippen molar-refractivity contribution in [1.29, 1.82) is 0 Å². The molecule has 0 fully saturated rings. The summed E-state index contributed by atoms with van der Waals surface area (Å²) >= 11 is 6.47. The highest BCUT2D eigenvalue weighted by molar-refractivity contribution is 6.33. The van der Waals surface area contributed by atoms with Crippen molar-refractivity contribution in [3.8, 4) is 0 Å². The zero-order chi connectivity index (χ0) is 21.1. The average Bonchev–Trinajstić information content (AvgIpc) is 2.62. The number of allylic oxidation sites excluding steroid dienone is 4. The van der Waals surface area contributed by atoms with E-state index in [-0.39, 0.29) is 18.3 Å². The standard InChI is InChI=1S/C24H31ClO3/c1-6-8-9-10-11-12-14-20(26)16-21-22(17(3)15-18(4)23(21)25)24(27)28-19(5)13-7-2/h7-9,12,14-15,19H,2,6,10-11,13,16H2,1,3-5H3/b9-8-,14-12+. The largest absolute Gasteiger partial charge is 0.459 e. The number of benzene rings is 1. The first-order valence-corrected chi connectivity index (χ1v) is 10.1. The molecule has 0 saturated heterocycles. The van der Waals surface area contributed by atoms with Gasteiger partial charge in [-0.05, 0) is 62.8 Å². The van der Waals surface area contributed by atoms with E-state index in [1.807, 2.05) is 32.9 Å². The van der Waals surface area contributed by atoms with Gasteiger partial charge in [-0.25, -0.2) is 4.79 Å². The molecule has 0 aliphatic carbocycles. The van der Waals surface area contributed by atoms with Gasteiger partial charge in [-0.3, -0.25) is 4.79 Å². The number of hydrogen-bond donors (Lipinski definition) is 0. The number of ketones is 1. The van der Waals surface area contributed by atoms with Crippen LogP contribution in [0.2, 0.25) is 5.02 Å². The predicted molar refractivity (Wildman–Crippen MR) is 117 cm³/mol. The quantitative estimate of drug-likeness (QED) is 0.184. The van der Waals surface area contributed by atoms with Crippen molar-refractivity contribution in [1.82, 2.24) is 0 Å². The zero-order valence-electron chi connectivity index (χ0n) is 17.4. The number of hydrogen-bond acceptors (Lipinski definition) is 3. The third kappa shape index (κ3) is 7.47. The van der Waals surface area contributed by atoms with E-state index < -0.39 is 5.97 Å². The summed E-state index contributed by atoms with van der Waals surface area (Å²) in [6.45, 7) is 11.3. The average molecular weight is 403 g/mol. The minimum Gasteiger partial charge on any atom is -0.459 e. The van der Waals surface area contributed by atoms with Gasteiger partial charge < -0.3 is 4.74 Å². The van der Waals surface area contributed by atoms with Crippen LogP contribution in [0.5, 0.6) is 0 Å². The van der Waals surface area contributed by atoms with Crippen molar-refractivity contribution in [3.05, 3.63) is 70.3 Å². The highest BCUT2D eigenvalue weighted by Gasteiger charge is 2.23. The smallest absolute Gasteiger partial charge is 0.339 e. The van der Waals surface area contributed by atoms with Gasteiger partial charge in [0, 0.05) is 17.9 Å². The summed E-state index contributed by atoms with van der Waals surface area (Å²) < 4.78 is 5.51. The number of halogens is 1. The van der Waals surface area contributed by atoms with Crippen LogP contribution in [0.4, 0.5) is 0 Å². The topological polar surface area (TPSA) is 43.4 Å². The Morgan fingerprint density at radius 2 is 1.86 bits per heavy atom. The predicted octanol–water partition coefficient (Wildman–Crippen LogP) is 6.49. The molecule has 0 aliphatic heterocycles. The molecule has 1 aromatic rings. The Kier molecular flexibility index (Phi) is 10.5. The van der Waals surface area contributed by atoms with Gasteiger partial charge >= 0.3 is 5.97 Å². The molecule has 0 amide bonds. The maximum absolute atomic E-state index is 12.7. The molecular weight excluding hydrogens is 372 g/mol. The molecule has 28 heavy (non-hydrogen) atoms. The molecule has 0 N–H and O–H groups in total. The van der Waals surface area contributed by atoms with E-state index in [2.05, 4.69) is 25.7 Å². The second kappa shape index (κ2) is 12.4. The van der Waals surface area contributed by atoms with Crippen molar-refractivity contribution >= 4 is 23.4 Å². The van der Waals surface area contributed by atoms with E-state index in [0.717, 1.165) is 30.4 Å². The summed E-state index contributed by atoms with van der Waals surface area (Å²) in [5.41, 5.74) is 2.52. The van der Waals surface area contributed by atoms with Crippen LogP contribution in [0.3, 0.4) is 0 Å². The molecule has 3 nitrogen and oxygen atoms in total. The molecule has 4 heteroatoms. The summed E-state index contributed by atoms with van der Waals surface area (Å²) in [6, 6.07) is 1.85. The van der Waals surface area contributed by atoms with E-state index >= 15 is 0 Å². The molecule has 0 bridgehead atoms. The summed E-state index contributed by atoms with van der Waals surface area (Å²) in [6.07, 6.45) is 12.4. The molecule has 0 heterocycles. The summed E-state index contributed by atoms with van der Waals surface area (Å²) in [7, 11) is 0. The van der Waals surface area contributed by atoms with Crippen LogP contribution in [0.1, 0.15) is 66.6 Å². The van der Waals surface area contributed by atoms with Gasteiger partial charge in [0.15, 0.2) is 5.78 Å². The Labute approximate surface area is 174 Å². The van der Waals surface area contributed by atoms with E-state index in [1.54, 1.807) is 12.2 Å². The monoisotopic (exact) mass is 402 g/mol. The van der Waals surface area contributed by atoms with Crippen molar-refractivity contribution in [2.45, 2.75) is 65.9 Å². The number of ether oxygens (including phenoxy) is 1. The van der Waals surface area contributed by atoms with Crippen LogP contribution in [0.15, 0.2) is 43.0 Å². The Hall–Kier alpha value is -2.13. The molecule has 0 radical (unpaired) electrons. The Balaban J connectivity index is 3.01. The number of esters is 1. The van der Waals surface area contributed by atoms with E-state index in [4.69, 9.17) is 16.3 Å². The maximum Gasteiger partial charge on any atom is 0.339 e. The number of unbranched alkanes of at least 4 members (excludes halogenated alkanes) is 1. The molecular formula is C24H31ClO3. The van der Waals surface area contributed by atoms with Crippen LogP contribution in [-0.2, 0) is 16.0 Å². The number of rotatable bonds is 11. The van der Waals surface area contributed by atoms with Gasteiger partial charge in [0.1, 0.15) is 6.10 Å². The molecule has 0 aliphatic rings. The molecule has 0 spiro atoms. The van der Waals surface area contributed by atoms with Gasteiger partial charge in [0.05, 0.1) is 5.56 Å². The SMILES string of the molecule is C=CCC(C)OC(=O)c1c(C)cc(C)c(Cl)c1CC(=O)/C=C/CC/C=C\CC. The lowest BCUT2D eigenvalue weighted by Gasteiger charge is -2.17. The summed E-state index contributed by atoms with van der Waals surface area (Å²) in [5.74, 6) is -0.537. The van der Waals surface area contributed by atoms with Crippen LogP contribution >= 0.6 is 11.6 Å². The molecule has 0 aromatic heterocycles. The summed E-state index contributed by atoms with van der Waals surface area (Å²) in [4.78, 5) is 25.2. The lowest BCUT2D eigenvalue weighted by atomic mass is 9.95. The van der Waals surface area contributed by atoms with Crippen molar-refractivity contribution in [2.24, 2.45) is 0 Å². The summed E-state index contributed by atoms with van der Waals surface area (Å²) in [5, 5.41) is 0.446. The van der Waals surface area contributed by atoms with Gasteiger partial charge in [0.25, 0.3) is 0 Å². The maximum atomic E-state index is 12.7. The first-order valence-electron chi connectivity index (χ1n) is 9.76. The fraction of sp³-hybridized carbons (Fsp3) is 0.417. The molecule has 0 saturated carbocycles. The molecule has 1 atom stereocenters. The van der Waals surface area contributed by atoms with E-state index in [1.165, 1.54) is 0 Å². The highest BCUT2D eigenvalue weighted by atomic mass is 35.5. The van der Waals surface area contributed by atoms with Crippen LogP contribution < -0.4 is 0 Å². The lowest BCUT2D eigenvalue weighted by Crippen LogP contribution is -2.18. The van der Waals surface area contributed by atoms with Gasteiger partial charge in [0.2, 0.25) is 0 Å². The third-order valence-electron chi connectivity index (χ3n) is 4.31. The highest BCUT2D eigenvalue weighted by Crippen LogP contribution is 2.29. The Morgan fingerprint density at radius 3 is 2.50 bits per heavy atom. The number of carbonyl (C=O) groups is 2. The minimum absolute atomic E-state index is 0.0723. The first kappa shape index (κ1) is 23.9. The minimum atomic E-state index is -0.453. The Bertz CT molecular complexity index is 760. The third-order valence-corrected chi connectivity index (χ3v) is 4.83. The van der Waals surface area contributed by atoms with Crippen molar-refractivity contribution in [2.75, 3.05) is 0 Å². The second-order valence-corrected chi connectivity index (χ2v) is 7.30. The normalized spacial score (nSPS) is 12.5. The van der Waals surface area contributed by atoms with Crippen molar-refractivity contribution in [3.63, 3.8) is 0 Å². The van der Waals surface area contributed by atoms with Gasteiger partial charge in [-0.15, -0.1) is 6.58 Å². The first-order chi connectivity index (χ1) is 13.3. The Morgan fingerprint density at radius 1 is 1.18 bits per heavy atom. The zero-order valence-corrected chi connectivity index (χ0v) is 18.1. The van der Waals surface area contributed by atoms with Crippen molar-refractivity contribution < 1.29 is 14.3 Å². The van der Waals surface area contributed by atoms with Crippen LogP contribution in [0, 0.1) is 13.8 Å². The van der Waals surface area contributed by atoms with Gasteiger partial charge in [-0.2, -0.15) is 0 Å².